The van der Waals surface area contributed by atoms with Crippen molar-refractivity contribution < 1.29 is 13.2 Å². The molecule has 0 aromatic heterocycles. The van der Waals surface area contributed by atoms with Gasteiger partial charge in [0.2, 0.25) is 5.91 Å². The first-order valence-electron chi connectivity index (χ1n) is 9.38. The highest BCUT2D eigenvalue weighted by Gasteiger charge is 2.30. The third kappa shape index (κ3) is 7.60. The third-order valence-corrected chi connectivity index (χ3v) is 6.06. The zero-order valence-corrected chi connectivity index (χ0v) is 17.4. The Labute approximate surface area is 153 Å². The standard InChI is InChI=1S/C17H36N4O3S/c1-6-9-20(10-7-2)25(23,24)21-12-8-11-19(13-14-21)15-16(22)18-17(3,4)5/h6-15H2,1-5H3,(H,18,22). The second-order valence-corrected chi connectivity index (χ2v) is 9.66. The van der Waals surface area contributed by atoms with Crippen LogP contribution in [0.3, 0.4) is 0 Å². The van der Waals surface area contributed by atoms with E-state index in [9.17, 15) is 13.2 Å². The molecule has 8 heteroatoms. The van der Waals surface area contributed by atoms with Gasteiger partial charge in [0, 0.05) is 38.3 Å². The van der Waals surface area contributed by atoms with Crippen LogP contribution in [-0.2, 0) is 15.0 Å². The molecular weight excluding hydrogens is 340 g/mol. The van der Waals surface area contributed by atoms with Crippen LogP contribution in [0.2, 0.25) is 0 Å². The Morgan fingerprint density at radius 3 is 2.16 bits per heavy atom. The number of carbonyl (C=O) groups is 1. The van der Waals surface area contributed by atoms with Gasteiger partial charge in [-0.1, -0.05) is 13.8 Å². The minimum Gasteiger partial charge on any atom is -0.350 e. The molecule has 1 aliphatic rings. The molecule has 7 nitrogen and oxygen atoms in total. The quantitative estimate of drug-likeness (QED) is 0.692. The summed E-state index contributed by atoms with van der Waals surface area (Å²) in [6.07, 6.45) is 2.37. The van der Waals surface area contributed by atoms with Gasteiger partial charge in [-0.25, -0.2) is 0 Å². The molecule has 0 spiro atoms. The van der Waals surface area contributed by atoms with Crippen molar-refractivity contribution in [2.45, 2.75) is 59.4 Å². The van der Waals surface area contributed by atoms with Crippen LogP contribution in [0, 0.1) is 0 Å². The van der Waals surface area contributed by atoms with E-state index in [2.05, 4.69) is 5.32 Å². The monoisotopic (exact) mass is 376 g/mol. The lowest BCUT2D eigenvalue weighted by atomic mass is 10.1. The van der Waals surface area contributed by atoms with Gasteiger partial charge in [0.1, 0.15) is 0 Å². The van der Waals surface area contributed by atoms with Crippen molar-refractivity contribution in [3.05, 3.63) is 0 Å². The third-order valence-electron chi connectivity index (χ3n) is 4.03. The van der Waals surface area contributed by atoms with Crippen LogP contribution in [0.4, 0.5) is 0 Å². The Bertz CT molecular complexity index is 510. The molecule has 0 atom stereocenters. The highest BCUT2D eigenvalue weighted by atomic mass is 32.2. The van der Waals surface area contributed by atoms with Crippen LogP contribution in [0.15, 0.2) is 0 Å². The Morgan fingerprint density at radius 1 is 1.04 bits per heavy atom. The van der Waals surface area contributed by atoms with Gasteiger partial charge in [-0.15, -0.1) is 0 Å². The summed E-state index contributed by atoms with van der Waals surface area (Å²) in [4.78, 5) is 14.1. The number of nitrogens with one attached hydrogen (secondary N) is 1. The highest BCUT2D eigenvalue weighted by Crippen LogP contribution is 2.14. The molecule has 0 aromatic carbocycles. The minimum atomic E-state index is -3.41. The van der Waals surface area contributed by atoms with Crippen LogP contribution in [0.5, 0.6) is 0 Å². The van der Waals surface area contributed by atoms with Gasteiger partial charge in [0.25, 0.3) is 10.2 Å². The molecule has 0 aliphatic carbocycles. The van der Waals surface area contributed by atoms with E-state index in [0.717, 1.165) is 25.8 Å². The van der Waals surface area contributed by atoms with Gasteiger partial charge in [0.15, 0.2) is 0 Å². The van der Waals surface area contributed by atoms with Gasteiger partial charge in [-0.05, 0) is 46.6 Å². The van der Waals surface area contributed by atoms with E-state index in [1.54, 1.807) is 8.61 Å². The van der Waals surface area contributed by atoms with Gasteiger partial charge in [0.05, 0.1) is 6.54 Å². The summed E-state index contributed by atoms with van der Waals surface area (Å²) in [5, 5.41) is 2.96. The molecule has 1 N–H and O–H groups in total. The summed E-state index contributed by atoms with van der Waals surface area (Å²) in [5.74, 6) is -0.0117. The largest absolute Gasteiger partial charge is 0.350 e. The van der Waals surface area contributed by atoms with Crippen molar-refractivity contribution in [2.24, 2.45) is 0 Å². The van der Waals surface area contributed by atoms with E-state index in [4.69, 9.17) is 0 Å². The fraction of sp³-hybridized carbons (Fsp3) is 0.941. The smallest absolute Gasteiger partial charge is 0.282 e. The summed E-state index contributed by atoms with van der Waals surface area (Å²) < 4.78 is 29.0. The van der Waals surface area contributed by atoms with Gasteiger partial charge in [-0.3, -0.25) is 9.69 Å². The summed E-state index contributed by atoms with van der Waals surface area (Å²) >= 11 is 0. The second-order valence-electron chi connectivity index (χ2n) is 7.73. The lowest BCUT2D eigenvalue weighted by molar-refractivity contribution is -0.123. The van der Waals surface area contributed by atoms with E-state index in [0.29, 0.717) is 39.3 Å². The highest BCUT2D eigenvalue weighted by molar-refractivity contribution is 7.86. The molecule has 1 heterocycles. The van der Waals surface area contributed by atoms with Crippen molar-refractivity contribution in [3.8, 4) is 0 Å². The fourth-order valence-corrected chi connectivity index (χ4v) is 4.83. The van der Waals surface area contributed by atoms with E-state index in [1.807, 2.05) is 39.5 Å². The Hall–Kier alpha value is -0.700. The normalized spacial score (nSPS) is 18.3. The molecule has 1 aliphatic heterocycles. The Balaban J connectivity index is 2.66. The van der Waals surface area contributed by atoms with Crippen LogP contribution >= 0.6 is 0 Å². The molecule has 0 unspecified atom stereocenters. The van der Waals surface area contributed by atoms with Gasteiger partial charge in [-0.2, -0.15) is 17.0 Å². The lowest BCUT2D eigenvalue weighted by Crippen LogP contribution is -2.47. The number of carbonyl (C=O) groups excluding carboxylic acids is 1. The molecule has 0 bridgehead atoms. The summed E-state index contributed by atoms with van der Waals surface area (Å²) in [6, 6.07) is 0. The number of rotatable bonds is 8. The van der Waals surface area contributed by atoms with Crippen LogP contribution in [0.25, 0.3) is 0 Å². The molecule has 0 radical (unpaired) electrons. The van der Waals surface area contributed by atoms with E-state index < -0.39 is 10.2 Å². The van der Waals surface area contributed by atoms with Gasteiger partial charge >= 0.3 is 0 Å². The van der Waals surface area contributed by atoms with E-state index in [-0.39, 0.29) is 11.4 Å². The van der Waals surface area contributed by atoms with Gasteiger partial charge < -0.3 is 5.32 Å². The zero-order valence-electron chi connectivity index (χ0n) is 16.5. The molecule has 25 heavy (non-hydrogen) atoms. The summed E-state index contributed by atoms with van der Waals surface area (Å²) in [5.41, 5.74) is -0.251. The summed E-state index contributed by atoms with van der Waals surface area (Å²) in [7, 11) is -3.41. The van der Waals surface area contributed by atoms with Crippen LogP contribution < -0.4 is 5.32 Å². The summed E-state index contributed by atoms with van der Waals surface area (Å²) in [6.45, 7) is 13.6. The maximum Gasteiger partial charge on any atom is 0.282 e. The van der Waals surface area contributed by atoms with Crippen LogP contribution in [-0.4, -0.2) is 79.2 Å². The molecule has 0 aromatic rings. The lowest BCUT2D eigenvalue weighted by Gasteiger charge is -2.29. The molecule has 1 saturated heterocycles. The average molecular weight is 377 g/mol. The number of hydrogen-bond acceptors (Lipinski definition) is 4. The van der Waals surface area contributed by atoms with Crippen molar-refractivity contribution >= 4 is 16.1 Å². The average Bonchev–Trinajstić information content (AvgIpc) is 2.71. The molecule has 0 saturated carbocycles. The fourth-order valence-electron chi connectivity index (χ4n) is 3.00. The molecule has 1 fully saturated rings. The molecular formula is C17H36N4O3S. The topological polar surface area (TPSA) is 73.0 Å². The van der Waals surface area contributed by atoms with Crippen molar-refractivity contribution in [2.75, 3.05) is 45.8 Å². The Kier molecular flexibility index (Phi) is 8.80. The predicted octanol–water partition coefficient (Wildman–Crippen LogP) is 1.28. The van der Waals surface area contributed by atoms with E-state index in [1.165, 1.54) is 0 Å². The minimum absolute atomic E-state index is 0.0117. The van der Waals surface area contributed by atoms with Crippen molar-refractivity contribution in [3.63, 3.8) is 0 Å². The number of hydrogen-bond donors (Lipinski definition) is 1. The van der Waals surface area contributed by atoms with Crippen molar-refractivity contribution in [1.82, 2.24) is 18.8 Å². The number of amides is 1. The predicted molar refractivity (Wildman–Crippen MR) is 102 cm³/mol. The first kappa shape index (κ1) is 22.3. The first-order valence-corrected chi connectivity index (χ1v) is 10.8. The second kappa shape index (κ2) is 9.85. The molecule has 148 valence electrons. The van der Waals surface area contributed by atoms with E-state index >= 15 is 0 Å². The van der Waals surface area contributed by atoms with Crippen molar-refractivity contribution in [1.29, 1.82) is 0 Å². The SMILES string of the molecule is CCCN(CCC)S(=O)(=O)N1CCCN(CC(=O)NC(C)(C)C)CC1. The molecule has 1 rings (SSSR count). The zero-order chi connectivity index (χ0) is 19.1. The number of nitrogens with zero attached hydrogens (tertiary/aromatic N) is 3. The maximum atomic E-state index is 12.9. The first-order chi connectivity index (χ1) is 11.6. The maximum absolute atomic E-state index is 12.9. The molecule has 1 amide bonds. The Morgan fingerprint density at radius 2 is 1.64 bits per heavy atom. The van der Waals surface area contributed by atoms with Crippen LogP contribution in [0.1, 0.15) is 53.9 Å².